The van der Waals surface area contributed by atoms with Gasteiger partial charge in [-0.25, -0.2) is 4.79 Å². The number of esters is 1. The molecule has 0 saturated carbocycles. The zero-order valence-corrected chi connectivity index (χ0v) is 32.9. The fraction of sp³-hybridized carbons (Fsp3) is 0.362. The Hall–Kier alpha value is -5.94. The number of ether oxygens (including phenoxy) is 3. The number of alkyl carbamates (subject to hydrolysis) is 1. The van der Waals surface area contributed by atoms with Gasteiger partial charge in [0, 0.05) is 13.0 Å². The molecule has 3 amide bonds. The predicted molar refractivity (Wildman–Crippen MR) is 221 cm³/mol. The van der Waals surface area contributed by atoms with E-state index in [0.717, 1.165) is 22.3 Å². The van der Waals surface area contributed by atoms with E-state index in [9.17, 15) is 24.3 Å². The van der Waals surface area contributed by atoms with Crippen molar-refractivity contribution in [1.29, 1.82) is 0 Å². The predicted octanol–water partition coefficient (Wildman–Crippen LogP) is 6.63. The van der Waals surface area contributed by atoms with Gasteiger partial charge in [-0.05, 0) is 79.3 Å². The van der Waals surface area contributed by atoms with Crippen molar-refractivity contribution in [1.82, 2.24) is 16.0 Å². The van der Waals surface area contributed by atoms with Crippen molar-refractivity contribution in [2.24, 2.45) is 11.8 Å². The van der Waals surface area contributed by atoms with Crippen molar-refractivity contribution >= 4 is 23.9 Å². The molecule has 4 aromatic carbocycles. The molecule has 5 rings (SSSR count). The molecular formula is C47H55N3O8. The van der Waals surface area contributed by atoms with E-state index in [2.05, 4.69) is 16.0 Å². The molecule has 0 aromatic heterocycles. The third kappa shape index (κ3) is 15.5. The fourth-order valence-electron chi connectivity index (χ4n) is 6.68. The lowest BCUT2D eigenvalue weighted by molar-refractivity contribution is -0.150. The molecule has 0 fully saturated rings. The molecule has 0 saturated heterocycles. The van der Waals surface area contributed by atoms with E-state index in [0.29, 0.717) is 63.8 Å². The Kier molecular flexibility index (Phi) is 17.8. The van der Waals surface area contributed by atoms with E-state index < -0.39 is 30.0 Å². The highest BCUT2D eigenvalue weighted by Gasteiger charge is 2.27. The van der Waals surface area contributed by atoms with Gasteiger partial charge in [-0.2, -0.15) is 0 Å². The topological polar surface area (TPSA) is 152 Å². The number of carbonyl (C=O) groups excluding carboxylic acids is 4. The molecule has 306 valence electrons. The molecule has 4 aromatic rings. The number of hydrogen-bond acceptors (Lipinski definition) is 8. The standard InChI is InChI=1S/C47H55N3O8/c51-31-42(29-36-23-25-43(26-24-36)56-32-37-16-6-2-7-17-37)49-44(52)30-39-20-10-11-21-40(28-35-14-4-1-5-15-35)46(54)57-34-41(50-45(39)53)22-12-13-27-48-47(55)58-33-38-18-8-3-9-19-38/h1-11,14-19,23-26,39-42,51H,12-13,20-22,27-34H2,(H,48,55)(H,49,52)(H,50,53)/t39-,40+,41+,42+/m1/s1. The third-order valence-corrected chi connectivity index (χ3v) is 9.94. The van der Waals surface area contributed by atoms with Crippen molar-refractivity contribution in [3.63, 3.8) is 0 Å². The molecule has 0 radical (unpaired) electrons. The maximum atomic E-state index is 13.8. The largest absolute Gasteiger partial charge is 0.489 e. The highest BCUT2D eigenvalue weighted by molar-refractivity contribution is 5.86. The number of nitrogens with one attached hydrogen (secondary N) is 3. The van der Waals surface area contributed by atoms with Crippen LogP contribution in [0.2, 0.25) is 0 Å². The van der Waals surface area contributed by atoms with Crippen LogP contribution in [0.1, 0.15) is 60.8 Å². The summed E-state index contributed by atoms with van der Waals surface area (Å²) >= 11 is 0. The number of aliphatic hydroxyl groups is 1. The van der Waals surface area contributed by atoms with Crippen LogP contribution in [0.4, 0.5) is 4.79 Å². The quantitative estimate of drug-likeness (QED) is 0.0499. The molecule has 11 nitrogen and oxygen atoms in total. The molecule has 58 heavy (non-hydrogen) atoms. The maximum Gasteiger partial charge on any atom is 0.407 e. The number of allylic oxidation sites excluding steroid dienone is 2. The Labute approximate surface area is 341 Å². The second-order valence-electron chi connectivity index (χ2n) is 14.6. The smallest absolute Gasteiger partial charge is 0.407 e. The van der Waals surface area contributed by atoms with Crippen LogP contribution in [0.5, 0.6) is 5.75 Å². The second kappa shape index (κ2) is 24.0. The van der Waals surface area contributed by atoms with E-state index in [1.807, 2.05) is 127 Å². The van der Waals surface area contributed by atoms with Gasteiger partial charge in [-0.1, -0.05) is 115 Å². The van der Waals surface area contributed by atoms with E-state index >= 15 is 0 Å². The van der Waals surface area contributed by atoms with Crippen LogP contribution < -0.4 is 20.7 Å². The van der Waals surface area contributed by atoms with Crippen LogP contribution in [0.3, 0.4) is 0 Å². The van der Waals surface area contributed by atoms with Gasteiger partial charge >= 0.3 is 12.1 Å². The molecule has 0 spiro atoms. The second-order valence-corrected chi connectivity index (χ2v) is 14.6. The number of cyclic esters (lactones) is 1. The number of amides is 3. The summed E-state index contributed by atoms with van der Waals surface area (Å²) in [5.41, 5.74) is 3.89. The first-order valence-corrected chi connectivity index (χ1v) is 20.1. The van der Waals surface area contributed by atoms with E-state index in [1.165, 1.54) is 0 Å². The van der Waals surface area contributed by atoms with Gasteiger partial charge < -0.3 is 35.3 Å². The Morgan fingerprint density at radius 1 is 0.759 bits per heavy atom. The Morgan fingerprint density at radius 2 is 1.38 bits per heavy atom. The van der Waals surface area contributed by atoms with E-state index in [1.54, 1.807) is 0 Å². The normalized spacial score (nSPS) is 17.7. The Balaban J connectivity index is 1.16. The van der Waals surface area contributed by atoms with Crippen LogP contribution in [0, 0.1) is 11.8 Å². The minimum atomic E-state index is -0.692. The van der Waals surface area contributed by atoms with Crippen molar-refractivity contribution in [3.05, 3.63) is 150 Å². The monoisotopic (exact) mass is 789 g/mol. The third-order valence-electron chi connectivity index (χ3n) is 9.94. The molecular weight excluding hydrogens is 735 g/mol. The molecule has 1 aliphatic heterocycles. The van der Waals surface area contributed by atoms with Gasteiger partial charge in [0.05, 0.1) is 30.5 Å². The zero-order chi connectivity index (χ0) is 40.8. The average Bonchev–Trinajstić information content (AvgIpc) is 3.25. The summed E-state index contributed by atoms with van der Waals surface area (Å²) in [7, 11) is 0. The lowest BCUT2D eigenvalue weighted by atomic mass is 9.94. The Morgan fingerprint density at radius 3 is 2.03 bits per heavy atom. The van der Waals surface area contributed by atoms with Crippen LogP contribution in [-0.2, 0) is 49.9 Å². The first-order chi connectivity index (χ1) is 28.3. The minimum Gasteiger partial charge on any atom is -0.489 e. The summed E-state index contributed by atoms with van der Waals surface area (Å²) in [4.78, 5) is 52.7. The highest BCUT2D eigenvalue weighted by Crippen LogP contribution is 2.20. The molecule has 11 heteroatoms. The van der Waals surface area contributed by atoms with Crippen LogP contribution in [0.25, 0.3) is 0 Å². The van der Waals surface area contributed by atoms with Crippen molar-refractivity contribution in [3.8, 4) is 5.75 Å². The van der Waals surface area contributed by atoms with Gasteiger partial charge in [0.1, 0.15) is 25.6 Å². The SMILES string of the molecule is O=C(C[C@H]1CC=CC[C@@H](Cc2ccccc2)C(=O)OC[C@H](CCCCNC(=O)OCc2ccccc2)NC1=O)N[C@H](CO)Cc1ccc(OCc2ccccc2)cc1. The van der Waals surface area contributed by atoms with Crippen LogP contribution in [-0.4, -0.2) is 60.8 Å². The molecule has 1 heterocycles. The fourth-order valence-corrected chi connectivity index (χ4v) is 6.68. The Bertz CT molecular complexity index is 1870. The zero-order valence-electron chi connectivity index (χ0n) is 32.9. The summed E-state index contributed by atoms with van der Waals surface area (Å²) in [6, 6.07) is 35.6. The van der Waals surface area contributed by atoms with Crippen molar-refractivity contribution in [2.75, 3.05) is 19.8 Å². The van der Waals surface area contributed by atoms with Gasteiger partial charge in [-0.3, -0.25) is 14.4 Å². The van der Waals surface area contributed by atoms with Gasteiger partial charge in [0.2, 0.25) is 11.8 Å². The number of hydrogen-bond donors (Lipinski definition) is 4. The van der Waals surface area contributed by atoms with Gasteiger partial charge in [0.25, 0.3) is 0 Å². The number of carbonyl (C=O) groups is 4. The summed E-state index contributed by atoms with van der Waals surface area (Å²) in [5, 5.41) is 18.9. The van der Waals surface area contributed by atoms with E-state index in [-0.39, 0.29) is 44.0 Å². The molecule has 0 unspecified atom stereocenters. The first kappa shape index (κ1) is 43.2. The van der Waals surface area contributed by atoms with Crippen molar-refractivity contribution in [2.45, 2.75) is 76.7 Å². The molecule has 4 N–H and O–H groups in total. The average molecular weight is 790 g/mol. The summed E-state index contributed by atoms with van der Waals surface area (Å²) in [6.07, 6.45) is 6.47. The van der Waals surface area contributed by atoms with Crippen LogP contribution in [0.15, 0.2) is 127 Å². The minimum absolute atomic E-state index is 0.0201. The van der Waals surface area contributed by atoms with Gasteiger partial charge in [-0.15, -0.1) is 0 Å². The molecule has 0 bridgehead atoms. The van der Waals surface area contributed by atoms with Gasteiger partial charge in [0.15, 0.2) is 0 Å². The summed E-state index contributed by atoms with van der Waals surface area (Å²) in [5.74, 6) is -1.40. The molecule has 0 aliphatic carbocycles. The lowest BCUT2D eigenvalue weighted by Crippen LogP contribution is -2.45. The lowest BCUT2D eigenvalue weighted by Gasteiger charge is -2.25. The van der Waals surface area contributed by atoms with E-state index in [4.69, 9.17) is 14.2 Å². The maximum absolute atomic E-state index is 13.8. The first-order valence-electron chi connectivity index (χ1n) is 20.1. The number of unbranched alkanes of at least 4 members (excludes halogenated alkanes) is 1. The molecule has 4 atom stereocenters. The molecule has 1 aliphatic rings. The van der Waals surface area contributed by atoms with Crippen LogP contribution >= 0.6 is 0 Å². The highest BCUT2D eigenvalue weighted by atomic mass is 16.5. The number of benzene rings is 4. The number of rotatable bonds is 18. The summed E-state index contributed by atoms with van der Waals surface area (Å²) < 4.78 is 17.0. The van der Waals surface area contributed by atoms with Crippen molar-refractivity contribution < 1.29 is 38.5 Å². The summed E-state index contributed by atoms with van der Waals surface area (Å²) in [6.45, 7) is 0.703. The number of aliphatic hydroxyl groups excluding tert-OH is 1.